The lowest BCUT2D eigenvalue weighted by molar-refractivity contribution is 0.294. The largest absolute Gasteiger partial charge is 0.437 e. The minimum Gasteiger partial charge on any atom is -0.437 e. The standard InChI is InChI=1S/C24H24N4O/c1-23(2)17-7-5-8-18(15-17)28-14-12-22(26-28)29-20-10-6-9-19(16-20)27-13-11-21(25-27)24(23,3)4/h5-16H,1-4H3. The molecule has 4 aromatic rings. The van der Waals surface area contributed by atoms with E-state index in [1.807, 2.05) is 52.1 Å². The van der Waals surface area contributed by atoms with Crippen molar-refractivity contribution in [1.82, 2.24) is 19.6 Å². The summed E-state index contributed by atoms with van der Waals surface area (Å²) < 4.78 is 9.78. The van der Waals surface area contributed by atoms with Crippen LogP contribution in [0.1, 0.15) is 39.0 Å². The summed E-state index contributed by atoms with van der Waals surface area (Å²) in [6.45, 7) is 9.08. The van der Waals surface area contributed by atoms with Gasteiger partial charge in [-0.1, -0.05) is 45.9 Å². The van der Waals surface area contributed by atoms with Gasteiger partial charge in [0.05, 0.1) is 17.1 Å². The summed E-state index contributed by atoms with van der Waals surface area (Å²) in [7, 11) is 0. The summed E-state index contributed by atoms with van der Waals surface area (Å²) in [5.74, 6) is 1.29. The molecule has 8 bridgehead atoms. The number of hydrogen-bond acceptors (Lipinski definition) is 3. The summed E-state index contributed by atoms with van der Waals surface area (Å²) in [5, 5.41) is 9.56. The minimum absolute atomic E-state index is 0.156. The van der Waals surface area contributed by atoms with Crippen molar-refractivity contribution in [1.29, 1.82) is 0 Å². The molecule has 0 aliphatic carbocycles. The highest BCUT2D eigenvalue weighted by molar-refractivity contribution is 5.44. The third-order valence-electron chi connectivity index (χ3n) is 6.49. The van der Waals surface area contributed by atoms with Crippen molar-refractivity contribution in [3.8, 4) is 23.0 Å². The lowest BCUT2D eigenvalue weighted by atomic mass is 9.62. The highest BCUT2D eigenvalue weighted by Crippen LogP contribution is 2.43. The maximum absolute atomic E-state index is 6.00. The number of fused-ring (bicyclic) bond motifs is 10. The fraction of sp³-hybridized carbons (Fsp3) is 0.250. The Labute approximate surface area is 170 Å². The van der Waals surface area contributed by atoms with Crippen LogP contribution in [0.5, 0.6) is 11.6 Å². The molecule has 0 saturated carbocycles. The number of rotatable bonds is 0. The predicted octanol–water partition coefficient (Wildman–Crippen LogP) is 5.42. The Morgan fingerprint density at radius 2 is 1.41 bits per heavy atom. The molecule has 29 heavy (non-hydrogen) atoms. The Morgan fingerprint density at radius 1 is 0.724 bits per heavy atom. The zero-order valence-corrected chi connectivity index (χ0v) is 17.1. The quantitative estimate of drug-likeness (QED) is 0.407. The molecule has 3 heterocycles. The van der Waals surface area contributed by atoms with Gasteiger partial charge in [0.1, 0.15) is 5.75 Å². The van der Waals surface area contributed by atoms with Gasteiger partial charge in [-0.3, -0.25) is 0 Å². The summed E-state index contributed by atoms with van der Waals surface area (Å²) in [5.41, 5.74) is 3.90. The number of nitrogens with zero attached hydrogens (tertiary/aromatic N) is 4. The monoisotopic (exact) mass is 384 g/mol. The number of benzene rings is 2. The summed E-state index contributed by atoms with van der Waals surface area (Å²) in [6.07, 6.45) is 3.95. The van der Waals surface area contributed by atoms with Crippen LogP contribution in [0.25, 0.3) is 11.4 Å². The molecular formula is C24H24N4O. The molecule has 0 N–H and O–H groups in total. The highest BCUT2D eigenvalue weighted by Gasteiger charge is 2.41. The Balaban J connectivity index is 1.76. The van der Waals surface area contributed by atoms with Crippen molar-refractivity contribution < 1.29 is 4.74 Å². The van der Waals surface area contributed by atoms with E-state index in [2.05, 4.69) is 63.1 Å². The Kier molecular flexibility index (Phi) is 3.72. The Morgan fingerprint density at radius 3 is 2.24 bits per heavy atom. The molecule has 0 spiro atoms. The van der Waals surface area contributed by atoms with E-state index in [0.29, 0.717) is 5.88 Å². The first kappa shape index (κ1) is 17.7. The number of ether oxygens (including phenoxy) is 1. The third kappa shape index (κ3) is 2.77. The van der Waals surface area contributed by atoms with Crippen LogP contribution in [-0.4, -0.2) is 19.6 Å². The molecule has 2 aromatic carbocycles. The molecule has 5 nitrogen and oxygen atoms in total. The van der Waals surface area contributed by atoms with Crippen molar-refractivity contribution in [2.75, 3.05) is 0 Å². The first-order valence-corrected chi connectivity index (χ1v) is 9.86. The fourth-order valence-electron chi connectivity index (χ4n) is 3.83. The van der Waals surface area contributed by atoms with E-state index in [1.54, 1.807) is 0 Å². The van der Waals surface area contributed by atoms with E-state index in [1.165, 1.54) is 5.56 Å². The van der Waals surface area contributed by atoms with Crippen LogP contribution in [0.15, 0.2) is 73.1 Å². The molecule has 0 saturated heterocycles. The second kappa shape index (κ2) is 6.08. The average Bonchev–Trinajstić information content (AvgIpc) is 3.38. The number of hydrogen-bond donors (Lipinski definition) is 0. The zero-order valence-electron chi connectivity index (χ0n) is 17.1. The van der Waals surface area contributed by atoms with E-state index in [9.17, 15) is 0 Å². The first-order valence-electron chi connectivity index (χ1n) is 9.86. The van der Waals surface area contributed by atoms with Crippen molar-refractivity contribution in [3.05, 3.63) is 84.3 Å². The van der Waals surface area contributed by atoms with E-state index < -0.39 is 0 Å². The van der Waals surface area contributed by atoms with Gasteiger partial charge in [-0.2, -0.15) is 5.10 Å². The van der Waals surface area contributed by atoms with Crippen molar-refractivity contribution in [2.24, 2.45) is 0 Å². The van der Waals surface area contributed by atoms with Crippen LogP contribution in [0.3, 0.4) is 0 Å². The molecule has 0 amide bonds. The summed E-state index contributed by atoms with van der Waals surface area (Å²) in [4.78, 5) is 0. The van der Waals surface area contributed by atoms with Gasteiger partial charge >= 0.3 is 0 Å². The first-order chi connectivity index (χ1) is 13.8. The minimum atomic E-state index is -0.194. The predicted molar refractivity (Wildman–Crippen MR) is 113 cm³/mol. The maximum Gasteiger partial charge on any atom is 0.238 e. The van der Waals surface area contributed by atoms with Crippen LogP contribution in [0, 0.1) is 0 Å². The van der Waals surface area contributed by atoms with E-state index >= 15 is 0 Å². The maximum atomic E-state index is 6.00. The van der Waals surface area contributed by atoms with Gasteiger partial charge < -0.3 is 4.74 Å². The van der Waals surface area contributed by atoms with Crippen molar-refractivity contribution in [2.45, 2.75) is 38.5 Å². The van der Waals surface area contributed by atoms with Gasteiger partial charge in [0, 0.05) is 35.4 Å². The average molecular weight is 384 g/mol. The molecule has 5 rings (SSSR count). The SMILES string of the molecule is CC1(C)c2cccc(c2)-n2ccc(n2)Oc2cccc(c2)-n2ccc(n2)C1(C)C. The van der Waals surface area contributed by atoms with Gasteiger partial charge in [-0.05, 0) is 35.9 Å². The normalized spacial score (nSPS) is 16.4. The molecule has 0 fully saturated rings. The molecule has 5 heteroatoms. The lowest BCUT2D eigenvalue weighted by Crippen LogP contribution is -2.40. The van der Waals surface area contributed by atoms with Crippen LogP contribution in [-0.2, 0) is 10.8 Å². The van der Waals surface area contributed by atoms with Gasteiger partial charge in [-0.15, -0.1) is 5.10 Å². The third-order valence-corrected chi connectivity index (χ3v) is 6.49. The van der Waals surface area contributed by atoms with Gasteiger partial charge in [0.2, 0.25) is 5.88 Å². The second-order valence-corrected chi connectivity index (χ2v) is 8.64. The van der Waals surface area contributed by atoms with Crippen LogP contribution in [0.2, 0.25) is 0 Å². The van der Waals surface area contributed by atoms with Crippen LogP contribution < -0.4 is 4.74 Å². The Hall–Kier alpha value is -3.34. The summed E-state index contributed by atoms with van der Waals surface area (Å²) >= 11 is 0. The van der Waals surface area contributed by atoms with E-state index in [4.69, 9.17) is 9.84 Å². The molecule has 0 atom stereocenters. The molecule has 0 radical (unpaired) electrons. The van der Waals surface area contributed by atoms with Crippen LogP contribution in [0.4, 0.5) is 0 Å². The van der Waals surface area contributed by atoms with Gasteiger partial charge in [0.15, 0.2) is 0 Å². The second-order valence-electron chi connectivity index (χ2n) is 8.64. The zero-order chi connectivity index (χ0) is 20.2. The van der Waals surface area contributed by atoms with Gasteiger partial charge in [0.25, 0.3) is 0 Å². The molecular weight excluding hydrogens is 360 g/mol. The van der Waals surface area contributed by atoms with Gasteiger partial charge in [-0.25, -0.2) is 9.36 Å². The molecule has 1 aliphatic rings. The molecule has 146 valence electrons. The molecule has 0 unspecified atom stereocenters. The lowest BCUT2D eigenvalue weighted by Gasteiger charge is -2.41. The topological polar surface area (TPSA) is 44.9 Å². The smallest absolute Gasteiger partial charge is 0.238 e. The molecule has 1 aliphatic heterocycles. The fourth-order valence-corrected chi connectivity index (χ4v) is 3.83. The Bertz CT molecular complexity index is 1200. The molecule has 2 aromatic heterocycles. The number of aromatic nitrogens is 4. The van der Waals surface area contributed by atoms with E-state index in [-0.39, 0.29) is 10.8 Å². The highest BCUT2D eigenvalue weighted by atomic mass is 16.5. The van der Waals surface area contributed by atoms with E-state index in [0.717, 1.165) is 22.8 Å². The summed E-state index contributed by atoms with van der Waals surface area (Å²) in [6, 6.07) is 20.4. The van der Waals surface area contributed by atoms with Crippen molar-refractivity contribution >= 4 is 0 Å². The van der Waals surface area contributed by atoms with Crippen LogP contribution >= 0.6 is 0 Å². The van der Waals surface area contributed by atoms with Crippen molar-refractivity contribution in [3.63, 3.8) is 0 Å².